The number of anilines is 1. The molecule has 0 fully saturated rings. The fourth-order valence-electron chi connectivity index (χ4n) is 1.42. The average Bonchev–Trinajstić information content (AvgIpc) is 2.28. The number of hydrogen-bond acceptors (Lipinski definition) is 4. The van der Waals surface area contributed by atoms with Gasteiger partial charge in [0.25, 0.3) is 0 Å². The lowest BCUT2D eigenvalue weighted by Gasteiger charge is -2.19. The van der Waals surface area contributed by atoms with Gasteiger partial charge >= 0.3 is 0 Å². The molecule has 0 amide bonds. The molecule has 102 valence electrons. The average molecular weight is 252 g/mol. The molecule has 18 heavy (non-hydrogen) atoms. The van der Waals surface area contributed by atoms with Crippen LogP contribution < -0.4 is 5.32 Å². The second-order valence-corrected chi connectivity index (χ2v) is 5.06. The molecule has 1 aromatic heterocycles. The van der Waals surface area contributed by atoms with Gasteiger partial charge in [0.05, 0.1) is 31.1 Å². The van der Waals surface area contributed by atoms with E-state index in [4.69, 9.17) is 9.47 Å². The first kappa shape index (κ1) is 14.9. The molecule has 4 nitrogen and oxygen atoms in total. The van der Waals surface area contributed by atoms with E-state index in [1.165, 1.54) is 0 Å². The van der Waals surface area contributed by atoms with Gasteiger partial charge in [-0.1, -0.05) is 6.07 Å². The molecule has 0 saturated heterocycles. The molecule has 0 radical (unpaired) electrons. The quantitative estimate of drug-likeness (QED) is 0.758. The molecule has 1 N–H and O–H groups in total. The number of ether oxygens (including phenoxy) is 2. The first-order valence-electron chi connectivity index (χ1n) is 6.43. The zero-order chi connectivity index (χ0) is 13.4. The van der Waals surface area contributed by atoms with E-state index in [1.807, 2.05) is 39.0 Å². The molecule has 0 aromatic carbocycles. The fraction of sp³-hybridized carbons (Fsp3) is 0.643. The molecule has 0 unspecified atom stereocenters. The van der Waals surface area contributed by atoms with Gasteiger partial charge in [0.1, 0.15) is 5.82 Å². The molecule has 1 heterocycles. The van der Waals surface area contributed by atoms with Gasteiger partial charge in [0.2, 0.25) is 0 Å². The van der Waals surface area contributed by atoms with Crippen LogP contribution in [0.4, 0.5) is 5.82 Å². The van der Waals surface area contributed by atoms with Gasteiger partial charge in [-0.2, -0.15) is 0 Å². The molecule has 1 aromatic rings. The summed E-state index contributed by atoms with van der Waals surface area (Å²) in [6, 6.07) is 5.90. The number of pyridine rings is 1. The Balaban J connectivity index is 2.24. The minimum absolute atomic E-state index is 0.105. The van der Waals surface area contributed by atoms with Gasteiger partial charge in [0, 0.05) is 6.54 Å². The largest absolute Gasteiger partial charge is 0.373 e. The Kier molecular flexibility index (Phi) is 6.09. The standard InChI is InChI=1S/C14H24N2O2/c1-5-15-13-8-6-7-12(16-13)11-17-9-10-18-14(2,3)4/h6-8H,5,9-11H2,1-4H3,(H,15,16). The summed E-state index contributed by atoms with van der Waals surface area (Å²) in [4.78, 5) is 4.43. The summed E-state index contributed by atoms with van der Waals surface area (Å²) in [6.07, 6.45) is 0. The molecule has 0 aliphatic carbocycles. The maximum Gasteiger partial charge on any atom is 0.126 e. The predicted molar refractivity (Wildman–Crippen MR) is 73.8 cm³/mol. The van der Waals surface area contributed by atoms with Crippen molar-refractivity contribution in [2.45, 2.75) is 39.9 Å². The van der Waals surface area contributed by atoms with Crippen molar-refractivity contribution in [1.29, 1.82) is 0 Å². The van der Waals surface area contributed by atoms with E-state index >= 15 is 0 Å². The normalized spacial score (nSPS) is 11.6. The van der Waals surface area contributed by atoms with Crippen LogP contribution in [0, 0.1) is 0 Å². The van der Waals surface area contributed by atoms with Crippen LogP contribution in [0.3, 0.4) is 0 Å². The second-order valence-electron chi connectivity index (χ2n) is 5.06. The smallest absolute Gasteiger partial charge is 0.126 e. The van der Waals surface area contributed by atoms with Crippen LogP contribution >= 0.6 is 0 Å². The van der Waals surface area contributed by atoms with Gasteiger partial charge in [0.15, 0.2) is 0 Å². The third kappa shape index (κ3) is 6.57. The minimum atomic E-state index is -0.105. The summed E-state index contributed by atoms with van der Waals surface area (Å²) >= 11 is 0. The lowest BCUT2D eigenvalue weighted by molar-refractivity contribution is -0.0380. The fourth-order valence-corrected chi connectivity index (χ4v) is 1.42. The molecule has 0 spiro atoms. The van der Waals surface area contributed by atoms with Gasteiger partial charge in [-0.05, 0) is 39.8 Å². The van der Waals surface area contributed by atoms with E-state index in [1.54, 1.807) is 0 Å². The van der Waals surface area contributed by atoms with Gasteiger partial charge in [-0.3, -0.25) is 0 Å². The van der Waals surface area contributed by atoms with E-state index in [9.17, 15) is 0 Å². The van der Waals surface area contributed by atoms with Gasteiger partial charge < -0.3 is 14.8 Å². The molecule has 0 saturated carbocycles. The second kappa shape index (κ2) is 7.34. The van der Waals surface area contributed by atoms with Crippen molar-refractivity contribution in [3.05, 3.63) is 23.9 Å². The molecule has 0 bridgehead atoms. The van der Waals surface area contributed by atoms with Crippen LogP contribution in [0.15, 0.2) is 18.2 Å². The predicted octanol–water partition coefficient (Wildman–Crippen LogP) is 2.85. The van der Waals surface area contributed by atoms with Crippen molar-refractivity contribution < 1.29 is 9.47 Å². The number of rotatable bonds is 7. The summed E-state index contributed by atoms with van der Waals surface area (Å²) < 4.78 is 11.1. The third-order valence-corrected chi connectivity index (χ3v) is 2.18. The number of aromatic nitrogens is 1. The Labute approximate surface area is 110 Å². The van der Waals surface area contributed by atoms with Crippen LogP contribution in [-0.4, -0.2) is 30.3 Å². The van der Waals surface area contributed by atoms with Crippen molar-refractivity contribution in [3.8, 4) is 0 Å². The monoisotopic (exact) mass is 252 g/mol. The zero-order valence-corrected chi connectivity index (χ0v) is 11.8. The summed E-state index contributed by atoms with van der Waals surface area (Å²) in [5.74, 6) is 0.893. The number of nitrogens with one attached hydrogen (secondary N) is 1. The summed E-state index contributed by atoms with van der Waals surface area (Å²) in [6.45, 7) is 10.7. The highest BCUT2D eigenvalue weighted by Crippen LogP contribution is 2.07. The van der Waals surface area contributed by atoms with Crippen LogP contribution in [-0.2, 0) is 16.1 Å². The van der Waals surface area contributed by atoms with Crippen molar-refractivity contribution in [1.82, 2.24) is 4.98 Å². The number of hydrogen-bond donors (Lipinski definition) is 1. The third-order valence-electron chi connectivity index (χ3n) is 2.18. The lowest BCUT2D eigenvalue weighted by Crippen LogP contribution is -2.21. The maximum atomic E-state index is 5.57. The van der Waals surface area contributed by atoms with E-state index in [0.29, 0.717) is 19.8 Å². The highest BCUT2D eigenvalue weighted by Gasteiger charge is 2.08. The summed E-state index contributed by atoms with van der Waals surface area (Å²) in [5.41, 5.74) is 0.830. The Morgan fingerprint density at radius 2 is 2.00 bits per heavy atom. The molecule has 0 aliphatic heterocycles. The molecular formula is C14H24N2O2. The van der Waals surface area contributed by atoms with E-state index < -0.39 is 0 Å². The SMILES string of the molecule is CCNc1cccc(COCCOC(C)(C)C)n1. The minimum Gasteiger partial charge on any atom is -0.373 e. The first-order chi connectivity index (χ1) is 8.51. The van der Waals surface area contributed by atoms with E-state index in [2.05, 4.69) is 17.2 Å². The first-order valence-corrected chi connectivity index (χ1v) is 6.43. The maximum absolute atomic E-state index is 5.57. The highest BCUT2D eigenvalue weighted by atomic mass is 16.5. The lowest BCUT2D eigenvalue weighted by atomic mass is 10.2. The van der Waals surface area contributed by atoms with E-state index in [-0.39, 0.29) is 5.60 Å². The molecule has 0 atom stereocenters. The van der Waals surface area contributed by atoms with E-state index in [0.717, 1.165) is 18.1 Å². The Bertz CT molecular complexity index is 348. The molecule has 0 aliphatic rings. The van der Waals surface area contributed by atoms with Crippen LogP contribution in [0.1, 0.15) is 33.4 Å². The van der Waals surface area contributed by atoms with Crippen molar-refractivity contribution in [2.75, 3.05) is 25.1 Å². The molecular weight excluding hydrogens is 228 g/mol. The van der Waals surface area contributed by atoms with Crippen molar-refractivity contribution in [3.63, 3.8) is 0 Å². The summed E-state index contributed by atoms with van der Waals surface area (Å²) in [5, 5.41) is 3.18. The van der Waals surface area contributed by atoms with Gasteiger partial charge in [-0.25, -0.2) is 4.98 Å². The van der Waals surface area contributed by atoms with Crippen molar-refractivity contribution >= 4 is 5.82 Å². The Morgan fingerprint density at radius 1 is 1.22 bits per heavy atom. The van der Waals surface area contributed by atoms with Crippen LogP contribution in [0.5, 0.6) is 0 Å². The molecule has 1 rings (SSSR count). The van der Waals surface area contributed by atoms with Crippen LogP contribution in [0.25, 0.3) is 0 Å². The van der Waals surface area contributed by atoms with Gasteiger partial charge in [-0.15, -0.1) is 0 Å². The van der Waals surface area contributed by atoms with Crippen molar-refractivity contribution in [2.24, 2.45) is 0 Å². The zero-order valence-electron chi connectivity index (χ0n) is 11.8. The summed E-state index contributed by atoms with van der Waals surface area (Å²) in [7, 11) is 0. The topological polar surface area (TPSA) is 43.4 Å². The van der Waals surface area contributed by atoms with Crippen LogP contribution in [0.2, 0.25) is 0 Å². The highest BCUT2D eigenvalue weighted by molar-refractivity contribution is 5.34. The Morgan fingerprint density at radius 3 is 2.67 bits per heavy atom. The Hall–Kier alpha value is -1.13. The number of nitrogens with zero attached hydrogens (tertiary/aromatic N) is 1. The molecule has 4 heteroatoms.